The molecule has 0 bridgehead atoms. The predicted octanol–water partition coefficient (Wildman–Crippen LogP) is 2.29. The van der Waals surface area contributed by atoms with Crippen molar-refractivity contribution in [2.45, 2.75) is 0 Å². The third kappa shape index (κ3) is 2.94. The van der Waals surface area contributed by atoms with Crippen LogP contribution in [-0.4, -0.2) is 5.71 Å². The molecule has 0 aliphatic rings. The van der Waals surface area contributed by atoms with E-state index in [1.54, 1.807) is 0 Å². The summed E-state index contributed by atoms with van der Waals surface area (Å²) in [6, 6.07) is 6.88. The van der Waals surface area contributed by atoms with E-state index in [4.69, 9.17) is 22.1 Å². The van der Waals surface area contributed by atoms with Crippen molar-refractivity contribution in [3.05, 3.63) is 29.0 Å². The number of anilines is 1. The van der Waals surface area contributed by atoms with Crippen molar-refractivity contribution in [3.8, 4) is 12.1 Å². The highest BCUT2D eigenvalue weighted by Crippen LogP contribution is 2.19. The van der Waals surface area contributed by atoms with Gasteiger partial charge in [-0.1, -0.05) is 11.6 Å². The van der Waals surface area contributed by atoms with Gasteiger partial charge in [-0.05, 0) is 18.2 Å². The second-order valence-corrected chi connectivity index (χ2v) is 2.86. The number of nitrogens with one attached hydrogen (secondary N) is 1. The van der Waals surface area contributed by atoms with Crippen molar-refractivity contribution >= 4 is 23.0 Å². The van der Waals surface area contributed by atoms with E-state index in [0.29, 0.717) is 5.02 Å². The van der Waals surface area contributed by atoms with Crippen LogP contribution in [0.1, 0.15) is 0 Å². The van der Waals surface area contributed by atoms with Gasteiger partial charge in [0.05, 0.1) is 5.69 Å². The Hall–Kier alpha value is -2.11. The van der Waals surface area contributed by atoms with Crippen LogP contribution < -0.4 is 5.43 Å². The smallest absolute Gasteiger partial charge is 0.237 e. The lowest BCUT2D eigenvalue weighted by Gasteiger charge is -2.01. The fraction of sp³-hybridized carbons (Fsp3) is 0. The Kier molecular flexibility index (Phi) is 3.61. The molecule has 1 rings (SSSR count). The Morgan fingerprint density at radius 2 is 2.07 bits per heavy atom. The van der Waals surface area contributed by atoms with Gasteiger partial charge in [-0.15, -0.1) is 0 Å². The lowest BCUT2D eigenvalue weighted by atomic mass is 10.3. The predicted molar refractivity (Wildman–Crippen MR) is 53.7 cm³/mol. The van der Waals surface area contributed by atoms with Crippen LogP contribution >= 0.6 is 11.6 Å². The Balaban J connectivity index is 2.92. The summed E-state index contributed by atoms with van der Waals surface area (Å²) in [5.41, 5.74) is 1.85. The van der Waals surface area contributed by atoms with Gasteiger partial charge in [0.1, 0.15) is 18.0 Å². The van der Waals surface area contributed by atoms with Gasteiger partial charge in [0.15, 0.2) is 0 Å². The highest BCUT2D eigenvalue weighted by molar-refractivity contribution is 6.30. The third-order valence-corrected chi connectivity index (χ3v) is 1.66. The molecule has 0 aromatic heterocycles. The first kappa shape index (κ1) is 11.0. The molecule has 15 heavy (non-hydrogen) atoms. The molecule has 0 radical (unpaired) electrons. The molecule has 4 nitrogen and oxygen atoms in total. The zero-order chi connectivity index (χ0) is 11.3. The summed E-state index contributed by atoms with van der Waals surface area (Å²) in [5, 5.41) is 20.4. The molecule has 0 saturated carbocycles. The molecule has 74 valence electrons. The summed E-state index contributed by atoms with van der Waals surface area (Å²) in [6.07, 6.45) is 0. The monoisotopic (exact) mass is 222 g/mol. The summed E-state index contributed by atoms with van der Waals surface area (Å²) in [6.45, 7) is 0. The van der Waals surface area contributed by atoms with Gasteiger partial charge in [-0.3, -0.25) is 5.43 Å². The van der Waals surface area contributed by atoms with Crippen LogP contribution in [-0.2, 0) is 0 Å². The lowest BCUT2D eigenvalue weighted by molar-refractivity contribution is 0.631. The second-order valence-electron chi connectivity index (χ2n) is 2.42. The van der Waals surface area contributed by atoms with Crippen molar-refractivity contribution in [3.63, 3.8) is 0 Å². The van der Waals surface area contributed by atoms with Gasteiger partial charge in [-0.25, -0.2) is 4.39 Å². The van der Waals surface area contributed by atoms with E-state index >= 15 is 0 Å². The summed E-state index contributed by atoms with van der Waals surface area (Å²) in [5.74, 6) is -0.571. The van der Waals surface area contributed by atoms with Gasteiger partial charge < -0.3 is 0 Å². The van der Waals surface area contributed by atoms with Crippen LogP contribution in [0.3, 0.4) is 0 Å². The van der Waals surface area contributed by atoms with Crippen LogP contribution in [0.15, 0.2) is 23.3 Å². The quantitative estimate of drug-likeness (QED) is 0.616. The Labute approximate surface area is 90.2 Å². The molecule has 0 fully saturated rings. The van der Waals surface area contributed by atoms with Gasteiger partial charge in [0.25, 0.3) is 0 Å². The Bertz CT molecular complexity index is 468. The maximum Gasteiger partial charge on any atom is 0.237 e. The minimum absolute atomic E-state index is 0.00509. The standard InChI is InChI=1S/C9H4ClFN4/c10-6-1-2-8(11)9(3-6)15-14-7(4-12)5-13/h1-3,15H. The van der Waals surface area contributed by atoms with E-state index in [-0.39, 0.29) is 5.69 Å². The molecule has 0 heterocycles. The van der Waals surface area contributed by atoms with Gasteiger partial charge in [-0.2, -0.15) is 15.6 Å². The minimum atomic E-state index is -0.571. The van der Waals surface area contributed by atoms with E-state index < -0.39 is 11.5 Å². The molecular formula is C9H4ClFN4. The molecule has 1 N–H and O–H groups in total. The average Bonchev–Trinajstić information content (AvgIpc) is 2.24. The van der Waals surface area contributed by atoms with Crippen molar-refractivity contribution in [1.82, 2.24) is 0 Å². The van der Waals surface area contributed by atoms with Crippen LogP contribution in [0.4, 0.5) is 10.1 Å². The topological polar surface area (TPSA) is 72.0 Å². The molecule has 0 aliphatic carbocycles. The molecular weight excluding hydrogens is 219 g/mol. The van der Waals surface area contributed by atoms with Crippen LogP contribution in [0, 0.1) is 28.5 Å². The first-order chi connectivity index (χ1) is 7.17. The number of hydrogen-bond donors (Lipinski definition) is 1. The van der Waals surface area contributed by atoms with E-state index in [0.717, 1.165) is 6.07 Å². The highest BCUT2D eigenvalue weighted by atomic mass is 35.5. The normalized spacial score (nSPS) is 8.53. The van der Waals surface area contributed by atoms with E-state index in [1.807, 2.05) is 0 Å². The summed E-state index contributed by atoms with van der Waals surface area (Å²) in [7, 11) is 0. The van der Waals surface area contributed by atoms with Crippen molar-refractivity contribution in [1.29, 1.82) is 10.5 Å². The molecule has 6 heteroatoms. The third-order valence-electron chi connectivity index (χ3n) is 1.43. The number of hydrazone groups is 1. The van der Waals surface area contributed by atoms with E-state index in [9.17, 15) is 4.39 Å². The van der Waals surface area contributed by atoms with Crippen molar-refractivity contribution in [2.24, 2.45) is 5.10 Å². The fourth-order valence-electron chi connectivity index (χ4n) is 0.774. The number of hydrogen-bond acceptors (Lipinski definition) is 4. The molecule has 0 aliphatic heterocycles. The van der Waals surface area contributed by atoms with Crippen molar-refractivity contribution in [2.75, 3.05) is 5.43 Å². The number of benzene rings is 1. The molecule has 0 unspecified atom stereocenters. The molecule has 0 amide bonds. The zero-order valence-electron chi connectivity index (χ0n) is 7.33. The maximum atomic E-state index is 13.1. The number of nitrogens with zero attached hydrogens (tertiary/aromatic N) is 3. The van der Waals surface area contributed by atoms with Crippen LogP contribution in [0.2, 0.25) is 5.02 Å². The second kappa shape index (κ2) is 4.94. The van der Waals surface area contributed by atoms with E-state index in [1.165, 1.54) is 24.3 Å². The van der Waals surface area contributed by atoms with Crippen molar-refractivity contribution < 1.29 is 4.39 Å². The molecule has 1 aromatic rings. The maximum absolute atomic E-state index is 13.1. The SMILES string of the molecule is N#CC(C#N)=NNc1cc(Cl)ccc1F. The van der Waals surface area contributed by atoms with Gasteiger partial charge in [0.2, 0.25) is 5.71 Å². The first-order valence-corrected chi connectivity index (χ1v) is 4.14. The van der Waals surface area contributed by atoms with Gasteiger partial charge in [0, 0.05) is 5.02 Å². The Morgan fingerprint density at radius 3 is 2.67 bits per heavy atom. The van der Waals surface area contributed by atoms with Crippen LogP contribution in [0.5, 0.6) is 0 Å². The molecule has 0 saturated heterocycles. The minimum Gasteiger partial charge on any atom is -0.273 e. The zero-order valence-corrected chi connectivity index (χ0v) is 8.09. The highest BCUT2D eigenvalue weighted by Gasteiger charge is 2.02. The molecule has 1 aromatic carbocycles. The largest absolute Gasteiger partial charge is 0.273 e. The number of halogens is 2. The fourth-order valence-corrected chi connectivity index (χ4v) is 0.946. The van der Waals surface area contributed by atoms with Gasteiger partial charge >= 0.3 is 0 Å². The first-order valence-electron chi connectivity index (χ1n) is 3.76. The molecule has 0 spiro atoms. The molecule has 0 atom stereocenters. The summed E-state index contributed by atoms with van der Waals surface area (Å²) in [4.78, 5) is 0. The lowest BCUT2D eigenvalue weighted by Crippen LogP contribution is -1.98. The average molecular weight is 223 g/mol. The summed E-state index contributed by atoms with van der Waals surface area (Å²) >= 11 is 5.61. The number of nitriles is 2. The summed E-state index contributed by atoms with van der Waals surface area (Å²) < 4.78 is 13.1. The van der Waals surface area contributed by atoms with E-state index in [2.05, 4.69) is 10.5 Å². The van der Waals surface area contributed by atoms with Crippen LogP contribution in [0.25, 0.3) is 0 Å². The Morgan fingerprint density at radius 1 is 1.40 bits per heavy atom. The number of rotatable bonds is 2.